The molecule has 0 aliphatic carbocycles. The van der Waals surface area contributed by atoms with Crippen LogP contribution in [0.15, 0.2) is 35.4 Å². The third-order valence-corrected chi connectivity index (χ3v) is 2.60. The third kappa shape index (κ3) is 2.44. The van der Waals surface area contributed by atoms with Crippen LogP contribution in [0.3, 0.4) is 0 Å². The smallest absolute Gasteiger partial charge is 0.276 e. The molecule has 0 atom stereocenters. The molecular weight excluding hydrogens is 216 g/mol. The Morgan fingerprint density at radius 3 is 2.94 bits per heavy atom. The van der Waals surface area contributed by atoms with Gasteiger partial charge in [-0.3, -0.25) is 4.79 Å². The van der Waals surface area contributed by atoms with Crippen molar-refractivity contribution < 1.29 is 0 Å². The fraction of sp³-hybridized carbons (Fsp3) is 0.167. The number of nitrogens with one attached hydrogen (secondary N) is 2. The number of nitrogens with zero attached hydrogens (tertiary/aromatic N) is 1. The summed E-state index contributed by atoms with van der Waals surface area (Å²) < 4.78 is 0. The molecule has 0 fully saturated rings. The van der Waals surface area contributed by atoms with Crippen LogP contribution < -0.4 is 16.6 Å². The lowest BCUT2D eigenvalue weighted by Crippen LogP contribution is -2.16. The number of aromatic nitrogens is 2. The van der Waals surface area contributed by atoms with Gasteiger partial charge < -0.3 is 16.0 Å². The topological polar surface area (TPSA) is 83.8 Å². The van der Waals surface area contributed by atoms with E-state index in [1.165, 1.54) is 11.9 Å². The van der Waals surface area contributed by atoms with Crippen LogP contribution in [-0.4, -0.2) is 9.97 Å². The van der Waals surface area contributed by atoms with Crippen LogP contribution in [0, 0.1) is 6.92 Å². The number of H-pyrrole nitrogens is 1. The molecule has 0 unspecified atom stereocenters. The van der Waals surface area contributed by atoms with Crippen LogP contribution in [0.25, 0.3) is 0 Å². The lowest BCUT2D eigenvalue weighted by atomic mass is 10.1. The van der Waals surface area contributed by atoms with Crippen LogP contribution in [0.5, 0.6) is 0 Å². The highest BCUT2D eigenvalue weighted by atomic mass is 16.1. The molecule has 5 nitrogen and oxygen atoms in total. The number of anilines is 2. The standard InChI is InChI=1S/C12H14N4O/c1-8-4-2-3-5-9(8)6-14-11-10(13)12(17)16-7-15-11/h2-5,7H,6,13H2,1H3,(H2,14,15,16,17). The molecule has 0 amide bonds. The van der Waals surface area contributed by atoms with Crippen LogP contribution in [0.1, 0.15) is 11.1 Å². The van der Waals surface area contributed by atoms with Crippen molar-refractivity contribution in [1.29, 1.82) is 0 Å². The van der Waals surface area contributed by atoms with Crippen molar-refractivity contribution in [3.63, 3.8) is 0 Å². The molecule has 17 heavy (non-hydrogen) atoms. The van der Waals surface area contributed by atoms with Gasteiger partial charge in [-0.1, -0.05) is 24.3 Å². The molecule has 0 aliphatic rings. The molecule has 1 aromatic carbocycles. The van der Waals surface area contributed by atoms with Gasteiger partial charge in [0, 0.05) is 6.54 Å². The average Bonchev–Trinajstić information content (AvgIpc) is 2.33. The maximum absolute atomic E-state index is 11.3. The Kier molecular flexibility index (Phi) is 3.09. The van der Waals surface area contributed by atoms with Crippen LogP contribution in [0.2, 0.25) is 0 Å². The summed E-state index contributed by atoms with van der Waals surface area (Å²) in [7, 11) is 0. The molecular formula is C12H14N4O. The number of hydrogen-bond acceptors (Lipinski definition) is 4. The summed E-state index contributed by atoms with van der Waals surface area (Å²) in [5.41, 5.74) is 7.73. The second-order valence-electron chi connectivity index (χ2n) is 3.77. The first-order valence-corrected chi connectivity index (χ1v) is 5.30. The minimum Gasteiger partial charge on any atom is -0.391 e. The number of aromatic amines is 1. The Labute approximate surface area is 98.7 Å². The highest BCUT2D eigenvalue weighted by molar-refractivity contribution is 5.59. The van der Waals surface area contributed by atoms with Crippen molar-refractivity contribution in [2.45, 2.75) is 13.5 Å². The predicted octanol–water partition coefficient (Wildman–Crippen LogP) is 1.27. The van der Waals surface area contributed by atoms with E-state index in [1.54, 1.807) is 0 Å². The molecule has 88 valence electrons. The Hall–Kier alpha value is -2.30. The largest absolute Gasteiger partial charge is 0.391 e. The predicted molar refractivity (Wildman–Crippen MR) is 67.8 cm³/mol. The third-order valence-electron chi connectivity index (χ3n) is 2.60. The fourth-order valence-electron chi connectivity index (χ4n) is 1.54. The Morgan fingerprint density at radius 1 is 1.41 bits per heavy atom. The van der Waals surface area contributed by atoms with Crippen molar-refractivity contribution in [2.24, 2.45) is 0 Å². The van der Waals surface area contributed by atoms with Gasteiger partial charge >= 0.3 is 0 Å². The van der Waals surface area contributed by atoms with E-state index in [4.69, 9.17) is 5.73 Å². The summed E-state index contributed by atoms with van der Waals surface area (Å²) >= 11 is 0. The number of nitrogens with two attached hydrogens (primary N) is 1. The SMILES string of the molecule is Cc1ccccc1CNc1nc[nH]c(=O)c1N. The Bertz CT molecular complexity index is 577. The molecule has 0 saturated carbocycles. The summed E-state index contributed by atoms with van der Waals surface area (Å²) in [6.45, 7) is 2.62. The van der Waals surface area contributed by atoms with E-state index in [2.05, 4.69) is 15.3 Å². The highest BCUT2D eigenvalue weighted by Crippen LogP contribution is 2.12. The fourth-order valence-corrected chi connectivity index (χ4v) is 1.54. The first kappa shape index (κ1) is 11.2. The van der Waals surface area contributed by atoms with Crippen LogP contribution in [-0.2, 0) is 6.54 Å². The highest BCUT2D eigenvalue weighted by Gasteiger charge is 2.04. The molecule has 0 bridgehead atoms. The molecule has 5 heteroatoms. The van der Waals surface area contributed by atoms with Gasteiger partial charge in [-0.15, -0.1) is 0 Å². The minimum atomic E-state index is -0.327. The Balaban J connectivity index is 2.16. The molecule has 0 radical (unpaired) electrons. The van der Waals surface area contributed by atoms with Gasteiger partial charge in [0.15, 0.2) is 5.82 Å². The average molecular weight is 230 g/mol. The van der Waals surface area contributed by atoms with Crippen molar-refractivity contribution in [3.8, 4) is 0 Å². The monoisotopic (exact) mass is 230 g/mol. The molecule has 2 aromatic rings. The molecule has 1 heterocycles. The molecule has 2 rings (SSSR count). The second-order valence-corrected chi connectivity index (χ2v) is 3.77. The van der Waals surface area contributed by atoms with Gasteiger partial charge in [-0.25, -0.2) is 4.98 Å². The lowest BCUT2D eigenvalue weighted by Gasteiger charge is -2.09. The number of aryl methyl sites for hydroxylation is 1. The molecule has 4 N–H and O–H groups in total. The van der Waals surface area contributed by atoms with E-state index in [0.29, 0.717) is 12.4 Å². The molecule has 0 aliphatic heterocycles. The molecule has 0 spiro atoms. The first-order valence-electron chi connectivity index (χ1n) is 5.30. The Morgan fingerprint density at radius 2 is 2.18 bits per heavy atom. The summed E-state index contributed by atoms with van der Waals surface area (Å²) in [4.78, 5) is 17.7. The van der Waals surface area contributed by atoms with Crippen molar-refractivity contribution in [2.75, 3.05) is 11.1 Å². The lowest BCUT2D eigenvalue weighted by molar-refractivity contribution is 1.06. The summed E-state index contributed by atoms with van der Waals surface area (Å²) in [6, 6.07) is 8.01. The normalized spacial score (nSPS) is 10.2. The van der Waals surface area contributed by atoms with E-state index in [1.807, 2.05) is 31.2 Å². The van der Waals surface area contributed by atoms with Crippen LogP contribution >= 0.6 is 0 Å². The zero-order valence-electron chi connectivity index (χ0n) is 9.53. The first-order chi connectivity index (χ1) is 8.18. The maximum Gasteiger partial charge on any atom is 0.276 e. The number of benzene rings is 1. The van der Waals surface area contributed by atoms with E-state index in [-0.39, 0.29) is 11.2 Å². The number of rotatable bonds is 3. The van der Waals surface area contributed by atoms with Crippen molar-refractivity contribution >= 4 is 11.5 Å². The molecule has 0 saturated heterocycles. The second kappa shape index (κ2) is 4.69. The van der Waals surface area contributed by atoms with Gasteiger partial charge in [0.05, 0.1) is 6.33 Å². The maximum atomic E-state index is 11.3. The summed E-state index contributed by atoms with van der Waals surface area (Å²) in [5.74, 6) is 0.414. The zero-order valence-corrected chi connectivity index (χ0v) is 9.53. The molecule has 1 aromatic heterocycles. The van der Waals surface area contributed by atoms with E-state index < -0.39 is 0 Å². The van der Waals surface area contributed by atoms with Crippen LogP contribution in [0.4, 0.5) is 11.5 Å². The summed E-state index contributed by atoms with van der Waals surface area (Å²) in [6.07, 6.45) is 1.33. The zero-order chi connectivity index (χ0) is 12.3. The van der Waals surface area contributed by atoms with Gasteiger partial charge in [-0.2, -0.15) is 0 Å². The van der Waals surface area contributed by atoms with Gasteiger partial charge in [0.2, 0.25) is 0 Å². The quantitative estimate of drug-likeness (QED) is 0.741. The number of nitrogen functional groups attached to an aromatic ring is 1. The van der Waals surface area contributed by atoms with Gasteiger partial charge in [0.1, 0.15) is 5.69 Å². The van der Waals surface area contributed by atoms with Crippen molar-refractivity contribution in [1.82, 2.24) is 9.97 Å². The van der Waals surface area contributed by atoms with E-state index >= 15 is 0 Å². The number of hydrogen-bond donors (Lipinski definition) is 3. The van der Waals surface area contributed by atoms with E-state index in [9.17, 15) is 4.79 Å². The van der Waals surface area contributed by atoms with Gasteiger partial charge in [-0.05, 0) is 18.1 Å². The van der Waals surface area contributed by atoms with Crippen molar-refractivity contribution in [3.05, 3.63) is 52.1 Å². The minimum absolute atomic E-state index is 0.112. The van der Waals surface area contributed by atoms with E-state index in [0.717, 1.165) is 5.56 Å². The van der Waals surface area contributed by atoms with Gasteiger partial charge in [0.25, 0.3) is 5.56 Å². The summed E-state index contributed by atoms with van der Waals surface area (Å²) in [5, 5.41) is 3.05.